The van der Waals surface area contributed by atoms with Gasteiger partial charge >= 0.3 is 0 Å². The summed E-state index contributed by atoms with van der Waals surface area (Å²) < 4.78 is 0. The molecule has 190 valence electrons. The smallest absolute Gasteiger partial charge is 0.243 e. The summed E-state index contributed by atoms with van der Waals surface area (Å²) in [6, 6.07) is 25.8. The number of hydrogen-bond donors (Lipinski definition) is 1. The first-order chi connectivity index (χ1) is 17.3. The van der Waals surface area contributed by atoms with E-state index in [2.05, 4.69) is 44.3 Å². The SMILES string of the molecule is Cc1cccc(CN(C(=O)CSCc2ccccc2C)C(Cc2ccccc2)C(=O)NCC(C)C)c1. The highest BCUT2D eigenvalue weighted by molar-refractivity contribution is 7.99. The molecule has 0 saturated carbocycles. The van der Waals surface area contributed by atoms with Gasteiger partial charge in [0, 0.05) is 25.3 Å². The molecule has 2 amide bonds. The molecule has 0 aliphatic rings. The molecule has 3 rings (SSSR count). The van der Waals surface area contributed by atoms with E-state index in [9.17, 15) is 9.59 Å². The van der Waals surface area contributed by atoms with Crippen LogP contribution in [0.5, 0.6) is 0 Å². The van der Waals surface area contributed by atoms with Gasteiger partial charge in [0.15, 0.2) is 0 Å². The lowest BCUT2D eigenvalue weighted by atomic mass is 10.0. The van der Waals surface area contributed by atoms with Gasteiger partial charge in [0.05, 0.1) is 5.75 Å². The van der Waals surface area contributed by atoms with Crippen molar-refractivity contribution in [2.75, 3.05) is 12.3 Å². The van der Waals surface area contributed by atoms with E-state index in [1.54, 1.807) is 16.7 Å². The molecule has 1 atom stereocenters. The van der Waals surface area contributed by atoms with Gasteiger partial charge in [0.1, 0.15) is 6.04 Å². The van der Waals surface area contributed by atoms with Crippen LogP contribution in [0.4, 0.5) is 0 Å². The topological polar surface area (TPSA) is 49.4 Å². The van der Waals surface area contributed by atoms with Gasteiger partial charge in [0.25, 0.3) is 0 Å². The minimum absolute atomic E-state index is 0.0179. The van der Waals surface area contributed by atoms with Crippen molar-refractivity contribution in [3.05, 3.63) is 107 Å². The summed E-state index contributed by atoms with van der Waals surface area (Å²) in [4.78, 5) is 29.0. The van der Waals surface area contributed by atoms with Crippen LogP contribution in [0, 0.1) is 19.8 Å². The van der Waals surface area contributed by atoms with Crippen LogP contribution in [-0.2, 0) is 28.3 Å². The van der Waals surface area contributed by atoms with Crippen LogP contribution in [0.3, 0.4) is 0 Å². The summed E-state index contributed by atoms with van der Waals surface area (Å²) in [5, 5.41) is 3.08. The molecule has 4 nitrogen and oxygen atoms in total. The van der Waals surface area contributed by atoms with Gasteiger partial charge < -0.3 is 10.2 Å². The fourth-order valence-corrected chi connectivity index (χ4v) is 5.07. The van der Waals surface area contributed by atoms with Gasteiger partial charge in [-0.1, -0.05) is 98.3 Å². The molecule has 0 aromatic heterocycles. The summed E-state index contributed by atoms with van der Waals surface area (Å²) in [6.07, 6.45) is 0.477. The lowest BCUT2D eigenvalue weighted by molar-refractivity contribution is -0.139. The maximum Gasteiger partial charge on any atom is 0.243 e. The summed E-state index contributed by atoms with van der Waals surface area (Å²) in [7, 11) is 0. The quantitative estimate of drug-likeness (QED) is 0.333. The van der Waals surface area contributed by atoms with Gasteiger partial charge in [-0.15, -0.1) is 11.8 Å². The van der Waals surface area contributed by atoms with Crippen molar-refractivity contribution in [1.82, 2.24) is 10.2 Å². The molecule has 0 radical (unpaired) electrons. The average molecular weight is 503 g/mol. The largest absolute Gasteiger partial charge is 0.354 e. The van der Waals surface area contributed by atoms with Crippen LogP contribution in [-0.4, -0.2) is 35.1 Å². The van der Waals surface area contributed by atoms with Gasteiger partial charge in [0.2, 0.25) is 11.8 Å². The van der Waals surface area contributed by atoms with Crippen molar-refractivity contribution in [2.24, 2.45) is 5.92 Å². The fraction of sp³-hybridized carbons (Fsp3) is 0.355. The van der Waals surface area contributed by atoms with Crippen molar-refractivity contribution in [3.8, 4) is 0 Å². The number of carbonyl (C=O) groups is 2. The molecule has 0 saturated heterocycles. The zero-order valence-corrected chi connectivity index (χ0v) is 22.7. The third kappa shape index (κ3) is 8.56. The Morgan fingerprint density at radius 3 is 2.28 bits per heavy atom. The number of nitrogens with one attached hydrogen (secondary N) is 1. The first-order valence-electron chi connectivity index (χ1n) is 12.6. The summed E-state index contributed by atoms with van der Waals surface area (Å²) in [5.41, 5.74) is 5.66. The summed E-state index contributed by atoms with van der Waals surface area (Å²) in [5.74, 6) is 1.30. The number of hydrogen-bond acceptors (Lipinski definition) is 3. The monoisotopic (exact) mass is 502 g/mol. The molecule has 0 aliphatic carbocycles. The molecule has 0 aliphatic heterocycles. The van der Waals surface area contributed by atoms with Gasteiger partial charge in [-0.2, -0.15) is 0 Å². The predicted octanol–water partition coefficient (Wildman–Crippen LogP) is 5.95. The minimum Gasteiger partial charge on any atom is -0.354 e. The van der Waals surface area contributed by atoms with Crippen molar-refractivity contribution >= 4 is 23.6 Å². The third-order valence-electron chi connectivity index (χ3n) is 6.14. The number of rotatable bonds is 12. The van der Waals surface area contributed by atoms with E-state index in [1.807, 2.05) is 67.6 Å². The molecule has 0 spiro atoms. The molecule has 3 aromatic rings. The van der Waals surface area contributed by atoms with Crippen LogP contribution >= 0.6 is 11.8 Å². The number of nitrogens with zero attached hydrogens (tertiary/aromatic N) is 1. The summed E-state index contributed by atoms with van der Waals surface area (Å²) in [6.45, 7) is 9.27. The van der Waals surface area contributed by atoms with Crippen molar-refractivity contribution in [2.45, 2.75) is 52.5 Å². The van der Waals surface area contributed by atoms with Gasteiger partial charge in [-0.3, -0.25) is 9.59 Å². The number of aryl methyl sites for hydroxylation is 2. The normalized spacial score (nSPS) is 11.8. The number of benzene rings is 3. The molecule has 36 heavy (non-hydrogen) atoms. The maximum atomic E-state index is 13.7. The van der Waals surface area contributed by atoms with Gasteiger partial charge in [-0.05, 0) is 42.0 Å². The fourth-order valence-electron chi connectivity index (χ4n) is 4.09. The van der Waals surface area contributed by atoms with E-state index in [-0.39, 0.29) is 11.8 Å². The molecule has 1 N–H and O–H groups in total. The highest BCUT2D eigenvalue weighted by Crippen LogP contribution is 2.20. The molecule has 0 heterocycles. The Kier molecular flexibility index (Phi) is 10.6. The van der Waals surface area contributed by atoms with E-state index in [4.69, 9.17) is 0 Å². The first-order valence-corrected chi connectivity index (χ1v) is 13.8. The molecule has 3 aromatic carbocycles. The Morgan fingerprint density at radius 1 is 0.889 bits per heavy atom. The number of carbonyl (C=O) groups excluding carboxylic acids is 2. The average Bonchev–Trinajstić information content (AvgIpc) is 2.86. The van der Waals surface area contributed by atoms with Crippen molar-refractivity contribution in [1.29, 1.82) is 0 Å². The van der Waals surface area contributed by atoms with E-state index in [0.717, 1.165) is 22.4 Å². The van der Waals surface area contributed by atoms with Crippen LogP contribution in [0.25, 0.3) is 0 Å². The predicted molar refractivity (Wildman–Crippen MR) is 151 cm³/mol. The van der Waals surface area contributed by atoms with Crippen LogP contribution in [0.15, 0.2) is 78.9 Å². The second-order valence-corrected chi connectivity index (χ2v) is 10.8. The molecule has 0 fully saturated rings. The van der Waals surface area contributed by atoms with Crippen LogP contribution in [0.1, 0.15) is 41.7 Å². The summed E-state index contributed by atoms with van der Waals surface area (Å²) >= 11 is 1.60. The lowest BCUT2D eigenvalue weighted by Gasteiger charge is -2.32. The molecular formula is C31H38N2O2S. The zero-order chi connectivity index (χ0) is 25.9. The zero-order valence-electron chi connectivity index (χ0n) is 21.9. The van der Waals surface area contributed by atoms with E-state index in [0.29, 0.717) is 31.2 Å². The Labute approximate surface area is 220 Å². The van der Waals surface area contributed by atoms with Crippen molar-refractivity contribution in [3.63, 3.8) is 0 Å². The first kappa shape index (κ1) is 27.5. The maximum absolute atomic E-state index is 13.7. The highest BCUT2D eigenvalue weighted by Gasteiger charge is 2.30. The molecule has 0 bridgehead atoms. The second-order valence-electron chi connectivity index (χ2n) is 9.77. The molecule has 1 unspecified atom stereocenters. The Balaban J connectivity index is 1.85. The molecule has 5 heteroatoms. The lowest BCUT2D eigenvalue weighted by Crippen LogP contribution is -2.51. The standard InChI is InChI=1S/C31H38N2O2S/c1-23(2)19-32-31(35)29(18-26-13-6-5-7-14-26)33(20-27-15-10-11-24(3)17-27)30(34)22-36-21-28-16-9-8-12-25(28)4/h5-17,23,29H,18-22H2,1-4H3,(H,32,35). The Bertz CT molecular complexity index is 1130. The highest BCUT2D eigenvalue weighted by atomic mass is 32.2. The van der Waals surface area contributed by atoms with Crippen molar-refractivity contribution < 1.29 is 9.59 Å². The number of thioether (sulfide) groups is 1. The number of amides is 2. The van der Waals surface area contributed by atoms with E-state index in [1.165, 1.54) is 11.1 Å². The van der Waals surface area contributed by atoms with Crippen LogP contribution in [0.2, 0.25) is 0 Å². The third-order valence-corrected chi connectivity index (χ3v) is 7.10. The van der Waals surface area contributed by atoms with Gasteiger partial charge in [-0.25, -0.2) is 0 Å². The van der Waals surface area contributed by atoms with E-state index < -0.39 is 6.04 Å². The minimum atomic E-state index is -0.585. The van der Waals surface area contributed by atoms with E-state index >= 15 is 0 Å². The Hall–Kier alpha value is -3.05. The second kappa shape index (κ2) is 13.9. The Morgan fingerprint density at radius 2 is 1.58 bits per heavy atom. The molecular weight excluding hydrogens is 464 g/mol. The van der Waals surface area contributed by atoms with Crippen LogP contribution < -0.4 is 5.32 Å².